The lowest BCUT2D eigenvalue weighted by atomic mass is 10.2. The molecule has 1 atom stereocenters. The number of aromatic amines is 1. The maximum absolute atomic E-state index is 11.8. The van der Waals surface area contributed by atoms with Crippen LogP contribution in [0.4, 0.5) is 6.01 Å². The molecule has 0 aliphatic carbocycles. The maximum Gasteiger partial charge on any atom is 0.344 e. The monoisotopic (exact) mass is 340 g/mol. The molecule has 124 valence electrons. The summed E-state index contributed by atoms with van der Waals surface area (Å²) in [7, 11) is 0. The van der Waals surface area contributed by atoms with E-state index in [2.05, 4.69) is 25.7 Å². The third-order valence-electron chi connectivity index (χ3n) is 3.24. The number of thioether (sulfide) groups is 1. The summed E-state index contributed by atoms with van der Waals surface area (Å²) >= 11 is 1.15. The van der Waals surface area contributed by atoms with Crippen LogP contribution in [0.1, 0.15) is 18.7 Å². The zero-order valence-corrected chi connectivity index (χ0v) is 13.3. The van der Waals surface area contributed by atoms with Gasteiger partial charge in [0, 0.05) is 6.61 Å². The molecule has 1 fully saturated rings. The normalized spacial score (nSPS) is 17.5. The van der Waals surface area contributed by atoms with Gasteiger partial charge in [0.2, 0.25) is 5.91 Å². The van der Waals surface area contributed by atoms with Crippen LogP contribution in [0.2, 0.25) is 0 Å². The van der Waals surface area contributed by atoms with Crippen LogP contribution in [-0.4, -0.2) is 49.3 Å². The second-order valence-electron chi connectivity index (χ2n) is 5.04. The van der Waals surface area contributed by atoms with Crippen molar-refractivity contribution < 1.29 is 14.1 Å². The van der Waals surface area contributed by atoms with Gasteiger partial charge in [0.1, 0.15) is 0 Å². The highest BCUT2D eigenvalue weighted by Gasteiger charge is 2.20. The lowest BCUT2D eigenvalue weighted by molar-refractivity contribution is -0.114. The average Bonchev–Trinajstić information content (AvgIpc) is 3.23. The largest absolute Gasteiger partial charge is 0.376 e. The molecule has 0 aromatic carbocycles. The molecule has 1 unspecified atom stereocenters. The summed E-state index contributed by atoms with van der Waals surface area (Å²) in [5, 5.41) is 12.8. The van der Waals surface area contributed by atoms with E-state index in [9.17, 15) is 9.59 Å². The number of ether oxygens (including phenoxy) is 1. The van der Waals surface area contributed by atoms with Gasteiger partial charge in [-0.3, -0.25) is 14.7 Å². The Balaban J connectivity index is 1.57. The Morgan fingerprint density at radius 1 is 1.57 bits per heavy atom. The van der Waals surface area contributed by atoms with Gasteiger partial charge in [0.25, 0.3) is 0 Å². The molecule has 2 aromatic heterocycles. The van der Waals surface area contributed by atoms with Crippen molar-refractivity contribution in [2.75, 3.05) is 17.7 Å². The number of nitrogens with one attached hydrogen (secondary N) is 2. The van der Waals surface area contributed by atoms with Gasteiger partial charge in [0.15, 0.2) is 11.0 Å². The van der Waals surface area contributed by atoms with E-state index in [1.807, 2.05) is 0 Å². The molecule has 3 heterocycles. The molecule has 1 amide bonds. The van der Waals surface area contributed by atoms with Crippen molar-refractivity contribution in [2.24, 2.45) is 0 Å². The number of anilines is 1. The molecule has 1 saturated heterocycles. The number of hydrogen-bond acceptors (Lipinski definition) is 8. The number of rotatable bonds is 6. The van der Waals surface area contributed by atoms with E-state index in [1.165, 1.54) is 4.57 Å². The minimum absolute atomic E-state index is 0.0137. The van der Waals surface area contributed by atoms with Crippen LogP contribution in [0.5, 0.6) is 0 Å². The zero-order valence-electron chi connectivity index (χ0n) is 12.4. The Hall–Kier alpha value is -2.14. The van der Waals surface area contributed by atoms with Crippen LogP contribution in [0, 0.1) is 6.92 Å². The third-order valence-corrected chi connectivity index (χ3v) is 4.22. The fourth-order valence-electron chi connectivity index (χ4n) is 2.20. The summed E-state index contributed by atoms with van der Waals surface area (Å²) < 4.78 is 11.8. The van der Waals surface area contributed by atoms with Crippen molar-refractivity contribution >= 4 is 23.7 Å². The smallest absolute Gasteiger partial charge is 0.344 e. The van der Waals surface area contributed by atoms with Crippen molar-refractivity contribution in [3.05, 3.63) is 16.3 Å². The van der Waals surface area contributed by atoms with Gasteiger partial charge in [-0.2, -0.15) is 4.98 Å². The number of aromatic nitrogens is 5. The Bertz CT molecular complexity index is 732. The number of hydrogen-bond donors (Lipinski definition) is 2. The van der Waals surface area contributed by atoms with Gasteiger partial charge in [-0.1, -0.05) is 16.9 Å². The number of aryl methyl sites for hydroxylation is 1. The minimum Gasteiger partial charge on any atom is -0.376 e. The fraction of sp³-hybridized carbons (Fsp3) is 0.583. The predicted molar refractivity (Wildman–Crippen MR) is 80.2 cm³/mol. The molecule has 0 radical (unpaired) electrons. The quantitative estimate of drug-likeness (QED) is 0.712. The molecule has 1 aliphatic rings. The zero-order chi connectivity index (χ0) is 16.2. The van der Waals surface area contributed by atoms with E-state index < -0.39 is 0 Å². The second-order valence-corrected chi connectivity index (χ2v) is 5.98. The molecular weight excluding hydrogens is 324 g/mol. The van der Waals surface area contributed by atoms with Gasteiger partial charge in [0.05, 0.1) is 18.4 Å². The molecule has 3 rings (SSSR count). The summed E-state index contributed by atoms with van der Waals surface area (Å²) in [4.78, 5) is 27.5. The molecule has 2 aromatic rings. The highest BCUT2D eigenvalue weighted by Crippen LogP contribution is 2.18. The topological polar surface area (TPSA) is 128 Å². The SMILES string of the molecule is Cc1noc(NC(=O)CSc2n[nH]c(=O)n2CC2CCCO2)n1. The first-order valence-corrected chi connectivity index (χ1v) is 8.10. The van der Waals surface area contributed by atoms with Crippen molar-refractivity contribution in [2.45, 2.75) is 37.6 Å². The van der Waals surface area contributed by atoms with Gasteiger partial charge in [-0.15, -0.1) is 5.10 Å². The molecule has 10 nitrogen and oxygen atoms in total. The van der Waals surface area contributed by atoms with Crippen molar-refractivity contribution in [3.8, 4) is 0 Å². The summed E-state index contributed by atoms with van der Waals surface area (Å²) in [6, 6.07) is 0.0480. The van der Waals surface area contributed by atoms with Crippen molar-refractivity contribution in [1.82, 2.24) is 24.9 Å². The van der Waals surface area contributed by atoms with Crippen LogP contribution in [-0.2, 0) is 16.1 Å². The summed E-state index contributed by atoms with van der Waals surface area (Å²) in [5.74, 6) is 0.181. The minimum atomic E-state index is -0.322. The van der Waals surface area contributed by atoms with Gasteiger partial charge < -0.3 is 9.26 Å². The molecule has 1 aliphatic heterocycles. The van der Waals surface area contributed by atoms with E-state index >= 15 is 0 Å². The molecule has 0 bridgehead atoms. The molecule has 0 spiro atoms. The van der Waals surface area contributed by atoms with Crippen LogP contribution < -0.4 is 11.0 Å². The number of nitrogens with zero attached hydrogens (tertiary/aromatic N) is 4. The van der Waals surface area contributed by atoms with Crippen LogP contribution >= 0.6 is 11.8 Å². The first-order valence-electron chi connectivity index (χ1n) is 7.11. The van der Waals surface area contributed by atoms with E-state index in [0.29, 0.717) is 24.1 Å². The van der Waals surface area contributed by atoms with Crippen molar-refractivity contribution in [1.29, 1.82) is 0 Å². The Labute approximate surface area is 135 Å². The standard InChI is InChI=1S/C12H16N6O4S/c1-7-13-10(22-17-7)14-9(19)6-23-12-16-15-11(20)18(12)5-8-3-2-4-21-8/h8H,2-6H2,1H3,(H,15,20)(H,13,14,17,19). The number of carbonyl (C=O) groups is 1. The third kappa shape index (κ3) is 3.99. The maximum atomic E-state index is 11.8. The summed E-state index contributed by atoms with van der Waals surface area (Å²) in [6.45, 7) is 2.80. The highest BCUT2D eigenvalue weighted by atomic mass is 32.2. The molecule has 11 heteroatoms. The molecule has 2 N–H and O–H groups in total. The average molecular weight is 340 g/mol. The number of H-pyrrole nitrogens is 1. The summed E-state index contributed by atoms with van der Waals surface area (Å²) in [5.41, 5.74) is -0.309. The van der Waals surface area contributed by atoms with E-state index in [0.717, 1.165) is 24.6 Å². The lowest BCUT2D eigenvalue weighted by Gasteiger charge is -2.10. The van der Waals surface area contributed by atoms with Crippen LogP contribution in [0.25, 0.3) is 0 Å². The first kappa shape index (κ1) is 15.7. The van der Waals surface area contributed by atoms with Crippen LogP contribution in [0.3, 0.4) is 0 Å². The highest BCUT2D eigenvalue weighted by molar-refractivity contribution is 7.99. The van der Waals surface area contributed by atoms with Gasteiger partial charge in [-0.25, -0.2) is 9.89 Å². The van der Waals surface area contributed by atoms with Crippen molar-refractivity contribution in [3.63, 3.8) is 0 Å². The van der Waals surface area contributed by atoms with E-state index in [4.69, 9.17) is 9.26 Å². The van der Waals surface area contributed by atoms with Gasteiger partial charge in [-0.05, 0) is 19.8 Å². The van der Waals surface area contributed by atoms with Gasteiger partial charge >= 0.3 is 11.7 Å². The first-order chi connectivity index (χ1) is 11.1. The van der Waals surface area contributed by atoms with Crippen LogP contribution in [0.15, 0.2) is 14.5 Å². The summed E-state index contributed by atoms with van der Waals surface area (Å²) in [6.07, 6.45) is 1.92. The lowest BCUT2D eigenvalue weighted by Crippen LogP contribution is -2.25. The Kier molecular flexibility index (Phi) is 4.76. The number of carbonyl (C=O) groups excluding carboxylic acids is 1. The molecular formula is C12H16N6O4S. The second kappa shape index (κ2) is 6.96. The predicted octanol–water partition coefficient (Wildman–Crippen LogP) is 0.173. The number of amides is 1. The van der Waals surface area contributed by atoms with E-state index in [1.54, 1.807) is 6.92 Å². The molecule has 23 heavy (non-hydrogen) atoms. The van der Waals surface area contributed by atoms with E-state index in [-0.39, 0.29) is 29.5 Å². The molecule has 0 saturated carbocycles. The Morgan fingerprint density at radius 2 is 2.43 bits per heavy atom. The fourth-order valence-corrected chi connectivity index (χ4v) is 2.96. The Morgan fingerprint density at radius 3 is 3.13 bits per heavy atom.